The molecule has 2 N–H and O–H groups in total. The van der Waals surface area contributed by atoms with E-state index in [2.05, 4.69) is 39.0 Å². The number of nitrogens with zero attached hydrogens (tertiary/aromatic N) is 3. The molecule has 3 aromatic rings. The van der Waals surface area contributed by atoms with Crippen molar-refractivity contribution in [1.29, 1.82) is 0 Å². The largest absolute Gasteiger partial charge is 0.427 e. The number of rotatable bonds is 5. The number of fused-ring (bicyclic) bond motifs is 1. The Hall–Kier alpha value is -2.64. The lowest BCUT2D eigenvalue weighted by Crippen LogP contribution is -2.42. The molecule has 2 aromatic heterocycles. The summed E-state index contributed by atoms with van der Waals surface area (Å²) in [7, 11) is 0. The van der Waals surface area contributed by atoms with Gasteiger partial charge in [-0.2, -0.15) is 0 Å². The van der Waals surface area contributed by atoms with Gasteiger partial charge in [0.2, 0.25) is 0 Å². The lowest BCUT2D eigenvalue weighted by molar-refractivity contribution is -0.131. The van der Waals surface area contributed by atoms with Crippen LogP contribution in [0.15, 0.2) is 30.5 Å². The van der Waals surface area contributed by atoms with Crippen LogP contribution in [0.2, 0.25) is 5.02 Å². The van der Waals surface area contributed by atoms with Crippen LogP contribution in [0, 0.1) is 0 Å². The normalized spacial score (nSPS) is 15.6. The Kier molecular flexibility index (Phi) is 5.92. The van der Waals surface area contributed by atoms with Gasteiger partial charge in [-0.1, -0.05) is 11.6 Å². The fourth-order valence-electron chi connectivity index (χ4n) is 3.82. The van der Waals surface area contributed by atoms with Crippen molar-refractivity contribution in [2.75, 3.05) is 18.4 Å². The number of likely N-dealkylation sites (tertiary alicyclic amines) is 1. The van der Waals surface area contributed by atoms with Crippen LogP contribution in [-0.2, 0) is 4.79 Å². The Labute approximate surface area is 180 Å². The van der Waals surface area contributed by atoms with E-state index in [0.717, 1.165) is 42.7 Å². The summed E-state index contributed by atoms with van der Waals surface area (Å²) in [6, 6.07) is 8.12. The number of carbonyl (C=O) groups is 1. The lowest BCUT2D eigenvalue weighted by Gasteiger charge is -2.35. The predicted octanol–water partition coefficient (Wildman–Crippen LogP) is 4.49. The van der Waals surface area contributed by atoms with Gasteiger partial charge in [-0.05, 0) is 51.0 Å². The summed E-state index contributed by atoms with van der Waals surface area (Å²) in [6.45, 7) is 8.00. The summed E-state index contributed by atoms with van der Waals surface area (Å²) in [5.74, 6) is 0.839. The van der Waals surface area contributed by atoms with Crippen LogP contribution in [0.25, 0.3) is 22.6 Å². The molecule has 1 saturated heterocycles. The number of halogens is 1. The highest BCUT2D eigenvalue weighted by molar-refractivity contribution is 6.34. The Bertz CT molecular complexity index is 1040. The Morgan fingerprint density at radius 3 is 2.60 bits per heavy atom. The van der Waals surface area contributed by atoms with Crippen LogP contribution in [0.3, 0.4) is 0 Å². The fourth-order valence-corrected chi connectivity index (χ4v) is 4.02. The molecule has 0 amide bonds. The number of pyridine rings is 1. The third-order valence-electron chi connectivity index (χ3n) is 5.47. The number of anilines is 1. The van der Waals surface area contributed by atoms with Crippen molar-refractivity contribution in [2.24, 2.45) is 0 Å². The number of aromatic amines is 1. The second-order valence-corrected chi connectivity index (χ2v) is 8.34. The second kappa shape index (κ2) is 8.62. The fraction of sp³-hybridized carbons (Fsp3) is 0.409. The van der Waals surface area contributed by atoms with E-state index in [0.29, 0.717) is 34.3 Å². The molecule has 4 rings (SSSR count). The maximum atomic E-state index is 11.1. The minimum absolute atomic E-state index is 0.347. The molecule has 0 bridgehead atoms. The molecule has 0 spiro atoms. The maximum Gasteiger partial charge on any atom is 0.308 e. The first-order valence-corrected chi connectivity index (χ1v) is 10.6. The quantitative estimate of drug-likeness (QED) is 0.461. The third-order valence-corrected chi connectivity index (χ3v) is 5.76. The molecule has 0 atom stereocenters. The molecular formula is C22H26ClN5O2. The molecule has 1 aliphatic heterocycles. The van der Waals surface area contributed by atoms with Gasteiger partial charge in [0.25, 0.3) is 0 Å². The highest BCUT2D eigenvalue weighted by Crippen LogP contribution is 2.32. The number of imidazole rings is 1. The highest BCUT2D eigenvalue weighted by atomic mass is 35.5. The van der Waals surface area contributed by atoms with Crippen molar-refractivity contribution < 1.29 is 9.53 Å². The monoisotopic (exact) mass is 427 g/mol. The molecular weight excluding hydrogens is 402 g/mol. The van der Waals surface area contributed by atoms with Gasteiger partial charge >= 0.3 is 5.97 Å². The average molecular weight is 428 g/mol. The minimum Gasteiger partial charge on any atom is -0.427 e. The zero-order valence-electron chi connectivity index (χ0n) is 17.4. The number of piperidine rings is 1. The number of hydrogen-bond acceptors (Lipinski definition) is 6. The van der Waals surface area contributed by atoms with Crippen LogP contribution in [0.1, 0.15) is 33.6 Å². The minimum atomic E-state index is -0.347. The van der Waals surface area contributed by atoms with E-state index >= 15 is 0 Å². The second-order valence-electron chi connectivity index (χ2n) is 7.93. The number of ether oxygens (including phenoxy) is 1. The molecule has 0 radical (unpaired) electrons. The van der Waals surface area contributed by atoms with Crippen molar-refractivity contribution in [3.8, 4) is 17.1 Å². The lowest BCUT2D eigenvalue weighted by atomic mass is 10.0. The first-order valence-electron chi connectivity index (χ1n) is 10.2. The van der Waals surface area contributed by atoms with E-state index in [1.54, 1.807) is 18.3 Å². The third kappa shape index (κ3) is 4.42. The van der Waals surface area contributed by atoms with E-state index in [1.807, 2.05) is 12.1 Å². The summed E-state index contributed by atoms with van der Waals surface area (Å²) in [5.41, 5.74) is 3.13. The van der Waals surface area contributed by atoms with Gasteiger partial charge in [0.05, 0.1) is 16.9 Å². The molecule has 158 valence electrons. The van der Waals surface area contributed by atoms with Crippen molar-refractivity contribution in [2.45, 2.75) is 45.7 Å². The SMILES string of the molecule is CC(=O)Oc1ccc(-c2nc3ncc(Cl)c(NC4CCN(C(C)C)CC4)c3[nH]2)cc1. The molecule has 1 aliphatic rings. The molecule has 0 saturated carbocycles. The van der Waals surface area contributed by atoms with Crippen LogP contribution in [-0.4, -0.2) is 51.0 Å². The molecule has 7 nitrogen and oxygen atoms in total. The van der Waals surface area contributed by atoms with E-state index in [9.17, 15) is 4.79 Å². The van der Waals surface area contributed by atoms with Crippen LogP contribution < -0.4 is 10.1 Å². The van der Waals surface area contributed by atoms with E-state index in [1.165, 1.54) is 6.92 Å². The van der Waals surface area contributed by atoms with Crippen LogP contribution in [0.4, 0.5) is 5.69 Å². The first-order chi connectivity index (χ1) is 14.4. The number of esters is 1. The standard InChI is InChI=1S/C22H26ClN5O2/c1-13(2)28-10-8-16(9-11-28)25-19-18(23)12-24-22-20(19)26-21(27-22)15-4-6-17(7-5-15)30-14(3)29/h4-7,12-13,16H,8-11H2,1-3H3,(H2,24,25,26,27). The van der Waals surface area contributed by atoms with Gasteiger partial charge in [0.15, 0.2) is 5.65 Å². The topological polar surface area (TPSA) is 83.1 Å². The number of benzene rings is 1. The summed E-state index contributed by atoms with van der Waals surface area (Å²) in [5, 5.41) is 4.20. The van der Waals surface area contributed by atoms with Crippen LogP contribution >= 0.6 is 11.6 Å². The van der Waals surface area contributed by atoms with E-state index < -0.39 is 0 Å². The van der Waals surface area contributed by atoms with Crippen molar-refractivity contribution >= 4 is 34.4 Å². The molecule has 30 heavy (non-hydrogen) atoms. The molecule has 1 fully saturated rings. The van der Waals surface area contributed by atoms with Crippen molar-refractivity contribution in [3.05, 3.63) is 35.5 Å². The van der Waals surface area contributed by atoms with E-state index in [4.69, 9.17) is 16.3 Å². The van der Waals surface area contributed by atoms with Gasteiger partial charge < -0.3 is 19.9 Å². The first kappa shape index (κ1) is 20.6. The Morgan fingerprint density at radius 1 is 1.27 bits per heavy atom. The van der Waals surface area contributed by atoms with Gasteiger partial charge in [-0.25, -0.2) is 9.97 Å². The van der Waals surface area contributed by atoms with Crippen molar-refractivity contribution in [1.82, 2.24) is 19.9 Å². The summed E-state index contributed by atoms with van der Waals surface area (Å²) < 4.78 is 5.09. The van der Waals surface area contributed by atoms with Crippen molar-refractivity contribution in [3.63, 3.8) is 0 Å². The highest BCUT2D eigenvalue weighted by Gasteiger charge is 2.23. The number of H-pyrrole nitrogens is 1. The Morgan fingerprint density at radius 2 is 1.97 bits per heavy atom. The van der Waals surface area contributed by atoms with Gasteiger partial charge in [-0.3, -0.25) is 4.79 Å². The molecule has 0 aliphatic carbocycles. The smallest absolute Gasteiger partial charge is 0.308 e. The van der Waals surface area contributed by atoms with Crippen LogP contribution in [0.5, 0.6) is 5.75 Å². The average Bonchev–Trinajstić information content (AvgIpc) is 3.15. The summed E-state index contributed by atoms with van der Waals surface area (Å²) >= 11 is 6.49. The number of aromatic nitrogens is 3. The number of nitrogens with one attached hydrogen (secondary N) is 2. The molecule has 8 heteroatoms. The molecule has 3 heterocycles. The molecule has 0 unspecified atom stereocenters. The number of hydrogen-bond donors (Lipinski definition) is 2. The predicted molar refractivity (Wildman–Crippen MR) is 119 cm³/mol. The maximum absolute atomic E-state index is 11.1. The zero-order valence-corrected chi connectivity index (χ0v) is 18.2. The molecule has 1 aromatic carbocycles. The number of carbonyl (C=O) groups excluding carboxylic acids is 1. The van der Waals surface area contributed by atoms with E-state index in [-0.39, 0.29) is 5.97 Å². The summed E-state index contributed by atoms with van der Waals surface area (Å²) in [6.07, 6.45) is 3.78. The summed E-state index contributed by atoms with van der Waals surface area (Å²) in [4.78, 5) is 26.0. The van der Waals surface area contributed by atoms with Gasteiger partial charge in [-0.15, -0.1) is 0 Å². The van der Waals surface area contributed by atoms with Gasteiger partial charge in [0, 0.05) is 37.7 Å². The zero-order chi connectivity index (χ0) is 21.3. The van der Waals surface area contributed by atoms with Gasteiger partial charge in [0.1, 0.15) is 17.1 Å². The Balaban J connectivity index is 1.57.